The summed E-state index contributed by atoms with van der Waals surface area (Å²) in [4.78, 5) is 12.0. The zero-order chi connectivity index (χ0) is 13.0. The summed E-state index contributed by atoms with van der Waals surface area (Å²) in [6.45, 7) is 0.674. The fraction of sp³-hybridized carbons (Fsp3) is 0.357. The molecule has 1 aliphatic carbocycles. The molecular weight excluding hydrogens is 314 g/mol. The summed E-state index contributed by atoms with van der Waals surface area (Å²) < 4.78 is 0.746. The Morgan fingerprint density at radius 1 is 1.44 bits per heavy atom. The maximum Gasteiger partial charge on any atom is 0.252 e. The molecule has 2 rings (SSSR count). The molecule has 1 aromatic rings. The van der Waals surface area contributed by atoms with E-state index < -0.39 is 0 Å². The summed E-state index contributed by atoms with van der Waals surface area (Å²) in [7, 11) is 0. The fourth-order valence-corrected chi connectivity index (χ4v) is 2.65. The van der Waals surface area contributed by atoms with Gasteiger partial charge in [0.2, 0.25) is 0 Å². The van der Waals surface area contributed by atoms with Crippen LogP contribution in [-0.4, -0.2) is 12.5 Å². The lowest BCUT2D eigenvalue weighted by atomic mass is 10.1. The van der Waals surface area contributed by atoms with Gasteiger partial charge in [-0.15, -0.1) is 0 Å². The molecule has 0 saturated heterocycles. The topological polar surface area (TPSA) is 29.1 Å². The van der Waals surface area contributed by atoms with E-state index in [9.17, 15) is 4.79 Å². The first-order chi connectivity index (χ1) is 8.68. The Kier molecular flexibility index (Phi) is 4.84. The summed E-state index contributed by atoms with van der Waals surface area (Å²) in [5, 5.41) is 3.38. The smallest absolute Gasteiger partial charge is 0.252 e. The van der Waals surface area contributed by atoms with Gasteiger partial charge in [-0.05, 0) is 53.7 Å². The number of rotatable bonds is 4. The molecule has 0 unspecified atom stereocenters. The predicted molar refractivity (Wildman–Crippen MR) is 78.0 cm³/mol. The molecule has 1 N–H and O–H groups in total. The number of benzene rings is 1. The first-order valence-electron chi connectivity index (χ1n) is 6.08. The lowest BCUT2D eigenvalue weighted by Gasteiger charge is -2.08. The van der Waals surface area contributed by atoms with Crippen molar-refractivity contribution in [3.63, 3.8) is 0 Å². The third-order valence-corrected chi connectivity index (χ3v) is 4.36. The zero-order valence-electron chi connectivity index (χ0n) is 10.0. The molecule has 0 radical (unpaired) electrons. The van der Waals surface area contributed by atoms with Crippen molar-refractivity contribution >= 4 is 33.4 Å². The predicted octanol–water partition coefficient (Wildman–Crippen LogP) is 4.33. The van der Waals surface area contributed by atoms with Crippen molar-refractivity contribution in [1.29, 1.82) is 0 Å². The van der Waals surface area contributed by atoms with Crippen LogP contribution in [0.15, 0.2) is 34.3 Å². The lowest BCUT2D eigenvalue weighted by molar-refractivity contribution is 0.0954. The standard InChI is InChI=1S/C14H15BrClNO/c15-12-7-3-6-11(13(12)16)14(18)17-9-8-10-4-1-2-5-10/h3-4,6-7H,1-2,5,8-9H2,(H,17,18). The quantitative estimate of drug-likeness (QED) is 0.819. The largest absolute Gasteiger partial charge is 0.352 e. The molecule has 0 fully saturated rings. The van der Waals surface area contributed by atoms with Crippen molar-refractivity contribution < 1.29 is 4.79 Å². The minimum absolute atomic E-state index is 0.111. The number of allylic oxidation sites excluding steroid dienone is 1. The van der Waals surface area contributed by atoms with Gasteiger partial charge in [-0.1, -0.05) is 29.3 Å². The van der Waals surface area contributed by atoms with Crippen LogP contribution in [0.4, 0.5) is 0 Å². The van der Waals surface area contributed by atoms with Crippen LogP contribution in [0.3, 0.4) is 0 Å². The van der Waals surface area contributed by atoms with E-state index in [1.165, 1.54) is 24.8 Å². The van der Waals surface area contributed by atoms with Crippen LogP contribution in [0.25, 0.3) is 0 Å². The maximum atomic E-state index is 12.0. The van der Waals surface area contributed by atoms with Crippen LogP contribution >= 0.6 is 27.5 Å². The Balaban J connectivity index is 1.89. The Hall–Kier alpha value is -0.800. The Morgan fingerprint density at radius 2 is 2.28 bits per heavy atom. The van der Waals surface area contributed by atoms with E-state index in [1.807, 2.05) is 12.1 Å². The van der Waals surface area contributed by atoms with E-state index in [0.29, 0.717) is 17.1 Å². The van der Waals surface area contributed by atoms with Crippen LogP contribution in [-0.2, 0) is 0 Å². The SMILES string of the molecule is O=C(NCCC1=CCCC1)c1cccc(Br)c1Cl. The Bertz CT molecular complexity index is 485. The van der Waals surface area contributed by atoms with Crippen molar-refractivity contribution in [3.05, 3.63) is 44.9 Å². The van der Waals surface area contributed by atoms with Gasteiger partial charge in [-0.25, -0.2) is 0 Å². The molecule has 0 atom stereocenters. The highest BCUT2D eigenvalue weighted by atomic mass is 79.9. The minimum atomic E-state index is -0.111. The summed E-state index contributed by atoms with van der Waals surface area (Å²) in [6.07, 6.45) is 6.82. The third kappa shape index (κ3) is 3.36. The molecule has 1 aromatic carbocycles. The maximum absolute atomic E-state index is 12.0. The average molecular weight is 329 g/mol. The van der Waals surface area contributed by atoms with Gasteiger partial charge in [0.15, 0.2) is 0 Å². The second kappa shape index (κ2) is 6.39. The molecule has 0 heterocycles. The lowest BCUT2D eigenvalue weighted by Crippen LogP contribution is -2.25. The van der Waals surface area contributed by atoms with Gasteiger partial charge >= 0.3 is 0 Å². The van der Waals surface area contributed by atoms with Gasteiger partial charge in [0, 0.05) is 11.0 Å². The monoisotopic (exact) mass is 327 g/mol. The first kappa shape index (κ1) is 13.6. The molecule has 1 aliphatic rings. The zero-order valence-corrected chi connectivity index (χ0v) is 12.4. The number of halogens is 2. The first-order valence-corrected chi connectivity index (χ1v) is 7.25. The van der Waals surface area contributed by atoms with Crippen molar-refractivity contribution in [2.24, 2.45) is 0 Å². The number of hydrogen-bond donors (Lipinski definition) is 1. The Morgan fingerprint density at radius 3 is 3.00 bits per heavy atom. The van der Waals surface area contributed by atoms with Gasteiger partial charge < -0.3 is 5.32 Å². The molecule has 96 valence electrons. The molecule has 18 heavy (non-hydrogen) atoms. The van der Waals surface area contributed by atoms with Crippen molar-refractivity contribution in [1.82, 2.24) is 5.32 Å². The minimum Gasteiger partial charge on any atom is -0.352 e. The van der Waals surface area contributed by atoms with Gasteiger partial charge in [0.05, 0.1) is 10.6 Å². The van der Waals surface area contributed by atoms with Crippen LogP contribution in [0.5, 0.6) is 0 Å². The number of carbonyl (C=O) groups excluding carboxylic acids is 1. The van der Waals surface area contributed by atoms with E-state index >= 15 is 0 Å². The summed E-state index contributed by atoms with van der Waals surface area (Å²) in [5.74, 6) is -0.111. The van der Waals surface area contributed by atoms with Gasteiger partial charge in [-0.2, -0.15) is 0 Å². The molecule has 1 amide bonds. The van der Waals surface area contributed by atoms with E-state index in [0.717, 1.165) is 10.9 Å². The van der Waals surface area contributed by atoms with E-state index in [1.54, 1.807) is 6.07 Å². The molecule has 0 aromatic heterocycles. The number of carbonyl (C=O) groups is 1. The summed E-state index contributed by atoms with van der Waals surface area (Å²) >= 11 is 9.39. The van der Waals surface area contributed by atoms with Crippen molar-refractivity contribution in [3.8, 4) is 0 Å². The second-order valence-corrected chi connectivity index (χ2v) is 5.59. The van der Waals surface area contributed by atoms with E-state index in [2.05, 4.69) is 27.3 Å². The van der Waals surface area contributed by atoms with Crippen LogP contribution in [0.1, 0.15) is 36.0 Å². The number of hydrogen-bond acceptors (Lipinski definition) is 1. The molecule has 4 heteroatoms. The average Bonchev–Trinajstić information content (AvgIpc) is 2.85. The molecule has 2 nitrogen and oxygen atoms in total. The van der Waals surface area contributed by atoms with Gasteiger partial charge in [0.25, 0.3) is 5.91 Å². The molecular formula is C14H15BrClNO. The highest BCUT2D eigenvalue weighted by molar-refractivity contribution is 9.10. The summed E-state index contributed by atoms with van der Waals surface area (Å²) in [6, 6.07) is 5.37. The van der Waals surface area contributed by atoms with Crippen LogP contribution in [0, 0.1) is 0 Å². The Labute approximate surface area is 121 Å². The van der Waals surface area contributed by atoms with Crippen LogP contribution in [0.2, 0.25) is 5.02 Å². The van der Waals surface area contributed by atoms with Gasteiger partial charge in [-0.3, -0.25) is 4.79 Å². The highest BCUT2D eigenvalue weighted by Crippen LogP contribution is 2.26. The molecule has 0 bridgehead atoms. The van der Waals surface area contributed by atoms with Gasteiger partial charge in [0.1, 0.15) is 0 Å². The van der Waals surface area contributed by atoms with Crippen molar-refractivity contribution in [2.75, 3.05) is 6.54 Å². The highest BCUT2D eigenvalue weighted by Gasteiger charge is 2.12. The van der Waals surface area contributed by atoms with E-state index in [4.69, 9.17) is 11.6 Å². The van der Waals surface area contributed by atoms with Crippen LogP contribution < -0.4 is 5.32 Å². The normalized spacial score (nSPS) is 14.4. The second-order valence-electron chi connectivity index (χ2n) is 4.36. The fourth-order valence-electron chi connectivity index (χ4n) is 2.08. The third-order valence-electron chi connectivity index (χ3n) is 3.06. The molecule has 0 spiro atoms. The number of nitrogens with one attached hydrogen (secondary N) is 1. The molecule has 0 saturated carbocycles. The van der Waals surface area contributed by atoms with Crippen molar-refractivity contribution in [2.45, 2.75) is 25.7 Å². The summed E-state index contributed by atoms with van der Waals surface area (Å²) in [5.41, 5.74) is 1.97. The van der Waals surface area contributed by atoms with E-state index in [-0.39, 0.29) is 5.91 Å². The molecule has 0 aliphatic heterocycles. The number of amides is 1.